The van der Waals surface area contributed by atoms with E-state index in [2.05, 4.69) is 243 Å². The Morgan fingerprint density at radius 3 is 0.450 bits per heavy atom. The molecule has 0 saturated heterocycles. The SMILES string of the molecule is S=P(c1ccccc1)(c1ccccc1)[C-]([Se][Se][C-](P(=S)(c1ccccc1)c1ccccc1)P(=S)(c1ccccc1)c1ccccc1)P(=S)(c1ccccc1)c1ccccc1. The molecule has 0 bridgehead atoms. The van der Waals surface area contributed by atoms with E-state index in [1.807, 2.05) is 0 Å². The Balaban J connectivity index is 1.46. The second-order valence-electron chi connectivity index (χ2n) is 13.9. The molecule has 0 amide bonds. The van der Waals surface area contributed by atoms with Crippen LogP contribution in [0.5, 0.6) is 0 Å². The molecule has 8 aromatic rings. The van der Waals surface area contributed by atoms with Crippen LogP contribution in [-0.4, -0.2) is 26.3 Å². The molecule has 8 rings (SSSR count). The molecule has 0 spiro atoms. The van der Waals surface area contributed by atoms with Crippen molar-refractivity contribution in [2.24, 2.45) is 0 Å². The van der Waals surface area contributed by atoms with Crippen molar-refractivity contribution in [1.29, 1.82) is 0 Å². The molecular formula is C50H40P4S4Se2-2. The van der Waals surface area contributed by atoms with E-state index in [4.69, 9.17) is 47.2 Å². The van der Waals surface area contributed by atoms with Crippen LogP contribution in [0.2, 0.25) is 0 Å². The molecule has 0 radical (unpaired) electrons. The van der Waals surface area contributed by atoms with E-state index in [1.54, 1.807) is 0 Å². The van der Waals surface area contributed by atoms with E-state index >= 15 is 0 Å². The van der Waals surface area contributed by atoms with Gasteiger partial charge in [0.25, 0.3) is 0 Å². The number of benzene rings is 8. The molecule has 0 aromatic heterocycles. The quantitative estimate of drug-likeness (QED) is 0.0570. The molecule has 0 N–H and O–H groups in total. The first-order chi connectivity index (χ1) is 29.3. The van der Waals surface area contributed by atoms with E-state index in [1.165, 1.54) is 8.60 Å². The van der Waals surface area contributed by atoms with Gasteiger partial charge in [-0.2, -0.15) is 0 Å². The van der Waals surface area contributed by atoms with Crippen molar-refractivity contribution in [1.82, 2.24) is 0 Å². The summed E-state index contributed by atoms with van der Waals surface area (Å²) in [6, 6.07) is 75.8. The fourth-order valence-electron chi connectivity index (χ4n) is 7.26. The minimum atomic E-state index is -2.75. The summed E-state index contributed by atoms with van der Waals surface area (Å²) >= 11 is 29.3. The standard InChI is InChI=1S/C50H40P4S4Se2/c55-51(41-25-9-1-10-26-41,42-27-11-2-12-28-42)49(52(56,43-29-13-3-14-30-43)44-31-15-4-16-32-44)59-60-50(53(57,45-33-17-5-18-34-45)46-35-19-6-20-36-46)54(58,47-37-21-7-22-38-47)48-39-23-8-24-40-48/h1-40H/q-2. The van der Waals surface area contributed by atoms with Crippen LogP contribution in [0.3, 0.4) is 0 Å². The summed E-state index contributed by atoms with van der Waals surface area (Å²) in [5.41, 5.74) is 0. The summed E-state index contributed by atoms with van der Waals surface area (Å²) in [4.78, 5) is 0. The first-order valence-corrected chi connectivity index (χ1v) is 36.5. The van der Waals surface area contributed by atoms with E-state index in [0.717, 1.165) is 42.4 Å². The third-order valence-corrected chi connectivity index (χ3v) is 56.1. The zero-order chi connectivity index (χ0) is 41.5. The van der Waals surface area contributed by atoms with Gasteiger partial charge in [0, 0.05) is 0 Å². The fourth-order valence-corrected chi connectivity index (χ4v) is 67.1. The molecular weight excluding hydrogens is 1010 g/mol. The zero-order valence-corrected chi connectivity index (χ0v) is 42.6. The maximum atomic E-state index is 7.43. The molecule has 8 aromatic carbocycles. The predicted molar refractivity (Wildman–Crippen MR) is 284 cm³/mol. The molecule has 0 aliphatic carbocycles. The van der Waals surface area contributed by atoms with Crippen molar-refractivity contribution in [3.63, 3.8) is 0 Å². The van der Waals surface area contributed by atoms with E-state index in [9.17, 15) is 0 Å². The average Bonchev–Trinajstić information content (AvgIpc) is 3.34. The topological polar surface area (TPSA) is 0 Å². The summed E-state index contributed by atoms with van der Waals surface area (Å²) in [6.45, 7) is 0. The van der Waals surface area contributed by atoms with Crippen LogP contribution in [0.25, 0.3) is 0 Å². The monoisotopic (exact) mass is 1050 g/mol. The van der Waals surface area contributed by atoms with Gasteiger partial charge in [-0.15, -0.1) is 0 Å². The van der Waals surface area contributed by atoms with Crippen molar-refractivity contribution in [2.45, 2.75) is 0 Å². The third kappa shape index (κ3) is 8.56. The molecule has 60 heavy (non-hydrogen) atoms. The molecule has 0 fully saturated rings. The van der Waals surface area contributed by atoms with Gasteiger partial charge < -0.3 is 0 Å². The molecule has 0 aliphatic heterocycles. The first-order valence-electron chi connectivity index (χ1n) is 19.3. The van der Waals surface area contributed by atoms with Gasteiger partial charge in [0.05, 0.1) is 0 Å². The van der Waals surface area contributed by atoms with Gasteiger partial charge in [0.1, 0.15) is 0 Å². The predicted octanol–water partition coefficient (Wildman–Crippen LogP) is 9.73. The van der Waals surface area contributed by atoms with Gasteiger partial charge in [-0.25, -0.2) is 0 Å². The summed E-state index contributed by atoms with van der Waals surface area (Å²) in [6.07, 6.45) is 0. The molecule has 0 aliphatic rings. The van der Waals surface area contributed by atoms with Crippen LogP contribution in [0.1, 0.15) is 0 Å². The van der Waals surface area contributed by atoms with Gasteiger partial charge in [-0.1, -0.05) is 0 Å². The Morgan fingerprint density at radius 1 is 0.217 bits per heavy atom. The first kappa shape index (κ1) is 44.0. The third-order valence-electron chi connectivity index (χ3n) is 10.2. The van der Waals surface area contributed by atoms with E-state index in [-0.39, 0.29) is 26.3 Å². The Bertz CT molecular complexity index is 2260. The van der Waals surface area contributed by atoms with E-state index < -0.39 is 24.2 Å². The molecule has 0 unspecified atom stereocenters. The van der Waals surface area contributed by atoms with Gasteiger partial charge in [-0.05, 0) is 0 Å². The van der Waals surface area contributed by atoms with Crippen molar-refractivity contribution in [2.75, 3.05) is 0 Å². The molecule has 0 atom stereocenters. The molecule has 10 heteroatoms. The molecule has 298 valence electrons. The minimum absolute atomic E-state index is 0.216. The van der Waals surface area contributed by atoms with Gasteiger partial charge >= 0.3 is 391 Å². The van der Waals surface area contributed by atoms with E-state index in [0.29, 0.717) is 0 Å². The Labute approximate surface area is 387 Å². The van der Waals surface area contributed by atoms with Crippen molar-refractivity contribution in [3.05, 3.63) is 251 Å². The molecule has 0 heterocycles. The Kier molecular flexibility index (Phi) is 14.6. The summed E-state index contributed by atoms with van der Waals surface area (Å²) in [5.74, 6) is 0. The Morgan fingerprint density at radius 2 is 0.333 bits per heavy atom. The summed E-state index contributed by atoms with van der Waals surface area (Å²) < 4.78 is 2.68. The number of rotatable bonds is 15. The zero-order valence-electron chi connectivity index (χ0n) is 32.3. The number of hydrogen-bond donors (Lipinski definition) is 0. The summed E-state index contributed by atoms with van der Waals surface area (Å²) in [7, 11) is 0. The van der Waals surface area contributed by atoms with Gasteiger partial charge in [0.2, 0.25) is 0 Å². The van der Waals surface area contributed by atoms with Crippen molar-refractivity contribution in [3.8, 4) is 0 Å². The Hall–Kier alpha value is -2.60. The van der Waals surface area contributed by atoms with Crippen LogP contribution in [0.15, 0.2) is 243 Å². The van der Waals surface area contributed by atoms with Crippen LogP contribution in [0, 0.1) is 8.60 Å². The fraction of sp³-hybridized carbons (Fsp3) is 0. The maximum absolute atomic E-state index is 7.43. The second kappa shape index (κ2) is 19.8. The van der Waals surface area contributed by atoms with Gasteiger partial charge in [-0.3, -0.25) is 0 Å². The molecule has 0 saturated carbocycles. The van der Waals surface area contributed by atoms with Gasteiger partial charge in [0.15, 0.2) is 0 Å². The van der Waals surface area contributed by atoms with Crippen molar-refractivity contribution < 1.29 is 0 Å². The average molecular weight is 1050 g/mol. The van der Waals surface area contributed by atoms with Crippen LogP contribution in [0.4, 0.5) is 0 Å². The second-order valence-corrected chi connectivity index (χ2v) is 40.7. The molecule has 0 nitrogen and oxygen atoms in total. The van der Waals surface area contributed by atoms with Crippen LogP contribution in [-0.2, 0) is 47.2 Å². The van der Waals surface area contributed by atoms with Crippen LogP contribution < -0.4 is 42.4 Å². The van der Waals surface area contributed by atoms with Crippen LogP contribution >= 0.6 is 24.2 Å². The summed E-state index contributed by atoms with van der Waals surface area (Å²) in [5, 5.41) is 9.32. The van der Waals surface area contributed by atoms with Crippen molar-refractivity contribution >= 4 is 140 Å². The number of hydrogen-bond acceptors (Lipinski definition) is 4. The normalized spacial score (nSPS) is 12.4.